The summed E-state index contributed by atoms with van der Waals surface area (Å²) in [6.07, 6.45) is 1.82. The first kappa shape index (κ1) is 15.0. The molecule has 0 aliphatic heterocycles. The number of hydrogen-bond acceptors (Lipinski definition) is 3. The molecule has 0 saturated carbocycles. The van der Waals surface area contributed by atoms with E-state index in [0.717, 1.165) is 11.1 Å². The molecule has 1 aromatic carbocycles. The molecule has 0 unspecified atom stereocenters. The first-order valence-electron chi connectivity index (χ1n) is 6.86. The zero-order valence-corrected chi connectivity index (χ0v) is 12.6. The molecule has 0 aliphatic rings. The van der Waals surface area contributed by atoms with E-state index in [4.69, 9.17) is 0 Å². The van der Waals surface area contributed by atoms with Crippen molar-refractivity contribution >= 4 is 22.6 Å². The van der Waals surface area contributed by atoms with E-state index in [-0.39, 0.29) is 11.2 Å². The Hall–Kier alpha value is -2.36. The van der Waals surface area contributed by atoms with Crippen LogP contribution in [0.4, 0.5) is 5.69 Å². The van der Waals surface area contributed by atoms with Gasteiger partial charge in [-0.3, -0.25) is 0 Å². The summed E-state index contributed by atoms with van der Waals surface area (Å²) in [4.78, 5) is 17.7. The average Bonchev–Trinajstić information content (AvgIpc) is 2.42. The molecule has 0 fully saturated rings. The number of carbonyl (C=O) groups is 1. The molecule has 2 aromatic rings. The van der Waals surface area contributed by atoms with E-state index >= 15 is 0 Å². The normalized spacial score (nSPS) is 11.4. The number of hydrogen-bond donors (Lipinski definition) is 1. The molecule has 0 bridgehead atoms. The van der Waals surface area contributed by atoms with E-state index in [1.807, 2.05) is 30.3 Å². The fourth-order valence-electron chi connectivity index (χ4n) is 2.35. The van der Waals surface area contributed by atoms with Gasteiger partial charge >= 0.3 is 5.97 Å². The Balaban J connectivity index is 2.75. The second-order valence-corrected chi connectivity index (χ2v) is 5.92. The largest absolute Gasteiger partial charge is 0.477 e. The molecule has 0 aliphatic carbocycles. The van der Waals surface area contributed by atoms with Gasteiger partial charge in [0.05, 0.1) is 5.52 Å². The van der Waals surface area contributed by atoms with Crippen LogP contribution in [0.25, 0.3) is 10.9 Å². The molecule has 2 rings (SSSR count). The maximum Gasteiger partial charge on any atom is 0.354 e. The summed E-state index contributed by atoms with van der Waals surface area (Å²) in [7, 11) is 0. The summed E-state index contributed by atoms with van der Waals surface area (Å²) in [5.41, 5.74) is 1.45. The molecule has 1 aromatic heterocycles. The van der Waals surface area contributed by atoms with Gasteiger partial charge in [-0.15, -0.1) is 6.58 Å². The maximum atomic E-state index is 11.3. The lowest BCUT2D eigenvalue weighted by atomic mass is 10.0. The van der Waals surface area contributed by atoms with Crippen molar-refractivity contribution in [2.24, 2.45) is 0 Å². The zero-order chi connectivity index (χ0) is 15.6. The molecule has 0 saturated heterocycles. The number of rotatable bonds is 4. The number of para-hydroxylation sites is 1. The number of carboxylic acids is 1. The summed E-state index contributed by atoms with van der Waals surface area (Å²) in [6.45, 7) is 10.7. The van der Waals surface area contributed by atoms with Crippen molar-refractivity contribution in [3.05, 3.63) is 48.7 Å². The summed E-state index contributed by atoms with van der Waals surface area (Å²) in [6, 6.07) is 9.23. The number of carboxylic acid groups (broad SMARTS) is 1. The molecule has 21 heavy (non-hydrogen) atoms. The van der Waals surface area contributed by atoms with Crippen molar-refractivity contribution in [1.29, 1.82) is 0 Å². The summed E-state index contributed by atoms with van der Waals surface area (Å²) < 4.78 is 0. The maximum absolute atomic E-state index is 11.3. The number of aromatic nitrogens is 1. The third-order valence-electron chi connectivity index (χ3n) is 3.33. The highest BCUT2D eigenvalue weighted by atomic mass is 16.4. The molecule has 110 valence electrons. The minimum absolute atomic E-state index is 0.0574. The van der Waals surface area contributed by atoms with Crippen LogP contribution in [-0.2, 0) is 0 Å². The number of anilines is 1. The average molecular weight is 284 g/mol. The first-order valence-corrected chi connectivity index (χ1v) is 6.86. The lowest BCUT2D eigenvalue weighted by Crippen LogP contribution is -2.41. The Morgan fingerprint density at radius 3 is 2.62 bits per heavy atom. The van der Waals surface area contributed by atoms with Crippen LogP contribution in [0.1, 0.15) is 31.3 Å². The van der Waals surface area contributed by atoms with Crippen LogP contribution >= 0.6 is 0 Å². The molecule has 0 amide bonds. The van der Waals surface area contributed by atoms with E-state index in [1.165, 1.54) is 0 Å². The van der Waals surface area contributed by atoms with Crippen molar-refractivity contribution in [2.75, 3.05) is 11.4 Å². The van der Waals surface area contributed by atoms with Crippen molar-refractivity contribution < 1.29 is 9.90 Å². The van der Waals surface area contributed by atoms with Gasteiger partial charge in [-0.1, -0.05) is 24.3 Å². The van der Waals surface area contributed by atoms with Crippen molar-refractivity contribution in [3.63, 3.8) is 0 Å². The van der Waals surface area contributed by atoms with Gasteiger partial charge in [0.2, 0.25) is 0 Å². The van der Waals surface area contributed by atoms with Crippen LogP contribution in [0.5, 0.6) is 0 Å². The fourth-order valence-corrected chi connectivity index (χ4v) is 2.35. The highest BCUT2D eigenvalue weighted by Crippen LogP contribution is 2.31. The van der Waals surface area contributed by atoms with E-state index in [1.54, 1.807) is 6.07 Å². The number of fused-ring (bicyclic) bond motifs is 1. The number of aromatic carboxylic acids is 1. The van der Waals surface area contributed by atoms with Gasteiger partial charge in [0.15, 0.2) is 5.69 Å². The van der Waals surface area contributed by atoms with Gasteiger partial charge in [0.25, 0.3) is 0 Å². The summed E-state index contributed by atoms with van der Waals surface area (Å²) >= 11 is 0. The van der Waals surface area contributed by atoms with Gasteiger partial charge in [-0.2, -0.15) is 0 Å². The Labute approximate surface area is 124 Å². The number of pyridine rings is 1. The lowest BCUT2D eigenvalue weighted by Gasteiger charge is -2.37. The Morgan fingerprint density at radius 2 is 2.05 bits per heavy atom. The Morgan fingerprint density at radius 1 is 1.38 bits per heavy atom. The predicted molar refractivity (Wildman–Crippen MR) is 86.0 cm³/mol. The number of benzene rings is 1. The van der Waals surface area contributed by atoms with Crippen molar-refractivity contribution in [1.82, 2.24) is 4.98 Å². The first-order chi connectivity index (χ1) is 9.84. The van der Waals surface area contributed by atoms with Gasteiger partial charge in [-0.05, 0) is 32.9 Å². The molecule has 0 radical (unpaired) electrons. The molecule has 4 heteroatoms. The monoisotopic (exact) mass is 284 g/mol. The molecular formula is C17H20N2O2. The Bertz CT molecular complexity index is 687. The topological polar surface area (TPSA) is 53.4 Å². The molecule has 0 spiro atoms. The van der Waals surface area contributed by atoms with Gasteiger partial charge in [0.1, 0.15) is 0 Å². The minimum Gasteiger partial charge on any atom is -0.477 e. The van der Waals surface area contributed by atoms with Crippen LogP contribution in [0, 0.1) is 0 Å². The molecular weight excluding hydrogens is 264 g/mol. The van der Waals surface area contributed by atoms with E-state index < -0.39 is 5.97 Å². The SMILES string of the molecule is C=CCN(c1cc(C(=O)O)nc2ccccc12)C(C)(C)C. The van der Waals surface area contributed by atoms with Crippen molar-refractivity contribution in [3.8, 4) is 0 Å². The highest BCUT2D eigenvalue weighted by molar-refractivity contribution is 5.97. The van der Waals surface area contributed by atoms with Crippen LogP contribution in [0.2, 0.25) is 0 Å². The molecule has 1 N–H and O–H groups in total. The smallest absolute Gasteiger partial charge is 0.354 e. The fraction of sp³-hybridized carbons (Fsp3) is 0.294. The lowest BCUT2D eigenvalue weighted by molar-refractivity contribution is 0.0691. The van der Waals surface area contributed by atoms with Gasteiger partial charge in [0, 0.05) is 23.2 Å². The second kappa shape index (κ2) is 5.56. The third kappa shape index (κ3) is 3.05. The molecule has 4 nitrogen and oxygen atoms in total. The Kier molecular flexibility index (Phi) is 3.98. The summed E-state index contributed by atoms with van der Waals surface area (Å²) in [5, 5.41) is 10.2. The van der Waals surface area contributed by atoms with E-state index in [2.05, 4.69) is 37.2 Å². The standard InChI is InChI=1S/C17H20N2O2/c1-5-10-19(17(2,3)4)15-11-14(16(20)21)18-13-9-7-6-8-12(13)15/h5-9,11H,1,10H2,2-4H3,(H,20,21). The summed E-state index contributed by atoms with van der Waals surface area (Å²) in [5.74, 6) is -1.02. The minimum atomic E-state index is -1.02. The number of nitrogens with zero attached hydrogens (tertiary/aromatic N) is 2. The van der Waals surface area contributed by atoms with E-state index in [0.29, 0.717) is 12.1 Å². The molecule has 1 heterocycles. The van der Waals surface area contributed by atoms with Crippen LogP contribution < -0.4 is 4.90 Å². The van der Waals surface area contributed by atoms with Crippen molar-refractivity contribution in [2.45, 2.75) is 26.3 Å². The van der Waals surface area contributed by atoms with Crippen LogP contribution in [0.3, 0.4) is 0 Å². The van der Waals surface area contributed by atoms with E-state index in [9.17, 15) is 9.90 Å². The van der Waals surface area contributed by atoms with Crippen LogP contribution in [0.15, 0.2) is 43.0 Å². The highest BCUT2D eigenvalue weighted by Gasteiger charge is 2.24. The second-order valence-electron chi connectivity index (χ2n) is 5.92. The van der Waals surface area contributed by atoms with Gasteiger partial charge < -0.3 is 10.0 Å². The molecule has 0 atom stereocenters. The van der Waals surface area contributed by atoms with Gasteiger partial charge in [-0.25, -0.2) is 9.78 Å². The van der Waals surface area contributed by atoms with Crippen LogP contribution in [-0.4, -0.2) is 28.1 Å². The quantitative estimate of drug-likeness (QED) is 0.869. The zero-order valence-electron chi connectivity index (χ0n) is 12.6. The third-order valence-corrected chi connectivity index (χ3v) is 3.33. The predicted octanol–water partition coefficient (Wildman–Crippen LogP) is 3.72.